The first-order valence-electron chi connectivity index (χ1n) is 10.4. The van der Waals surface area contributed by atoms with Crippen molar-refractivity contribution >= 4 is 17.5 Å². The summed E-state index contributed by atoms with van der Waals surface area (Å²) in [5.74, 6) is -2.71. The molecule has 166 valence electrons. The van der Waals surface area contributed by atoms with Gasteiger partial charge in [0.05, 0.1) is 0 Å². The summed E-state index contributed by atoms with van der Waals surface area (Å²) in [5.41, 5.74) is 1.55. The van der Waals surface area contributed by atoms with Gasteiger partial charge in [0, 0.05) is 24.1 Å². The molecule has 5 nitrogen and oxygen atoms in total. The van der Waals surface area contributed by atoms with Crippen molar-refractivity contribution in [3.63, 3.8) is 0 Å². The van der Waals surface area contributed by atoms with Crippen molar-refractivity contribution in [2.75, 3.05) is 4.90 Å². The van der Waals surface area contributed by atoms with Gasteiger partial charge >= 0.3 is 12.1 Å². The third-order valence-corrected chi connectivity index (χ3v) is 5.78. The number of halogens is 3. The van der Waals surface area contributed by atoms with E-state index in [2.05, 4.69) is 10.3 Å². The van der Waals surface area contributed by atoms with Gasteiger partial charge in [-0.25, -0.2) is 0 Å². The maximum Gasteiger partial charge on any atom is 0.471 e. The van der Waals surface area contributed by atoms with Crippen LogP contribution in [0.3, 0.4) is 0 Å². The van der Waals surface area contributed by atoms with Gasteiger partial charge in [0.25, 0.3) is 0 Å². The number of carbonyl (C=O) groups excluding carboxylic acids is 2. The number of pyridine rings is 1. The molecule has 1 aliphatic rings. The number of amides is 2. The minimum atomic E-state index is -5.15. The molecule has 0 bridgehead atoms. The maximum absolute atomic E-state index is 13.7. The van der Waals surface area contributed by atoms with Crippen LogP contribution in [0.5, 0.6) is 0 Å². The molecule has 1 aromatic carbocycles. The van der Waals surface area contributed by atoms with Crippen LogP contribution in [0.1, 0.15) is 54.8 Å². The Bertz CT molecular complexity index is 925. The summed E-state index contributed by atoms with van der Waals surface area (Å²) in [6.45, 7) is 3.39. The number of nitrogens with one attached hydrogen (secondary N) is 1. The van der Waals surface area contributed by atoms with E-state index in [1.165, 1.54) is 30.6 Å². The second kappa shape index (κ2) is 9.49. The number of nitrogens with zero attached hydrogens (tertiary/aromatic N) is 2. The van der Waals surface area contributed by atoms with Crippen molar-refractivity contribution in [2.24, 2.45) is 0 Å². The van der Waals surface area contributed by atoms with Crippen LogP contribution >= 0.6 is 0 Å². The Balaban J connectivity index is 2.11. The van der Waals surface area contributed by atoms with Gasteiger partial charge in [-0.2, -0.15) is 13.2 Å². The molecule has 3 rings (SSSR count). The molecule has 0 aliphatic heterocycles. The fourth-order valence-corrected chi connectivity index (χ4v) is 3.99. The fraction of sp³-hybridized carbons (Fsp3) is 0.435. The summed E-state index contributed by atoms with van der Waals surface area (Å²) in [7, 11) is 0. The summed E-state index contributed by atoms with van der Waals surface area (Å²) in [5, 5.41) is 2.89. The fourth-order valence-electron chi connectivity index (χ4n) is 3.99. The molecule has 1 N–H and O–H groups in total. The van der Waals surface area contributed by atoms with Crippen molar-refractivity contribution < 1.29 is 22.8 Å². The molecule has 1 aromatic heterocycles. The van der Waals surface area contributed by atoms with Crippen LogP contribution in [0.4, 0.5) is 18.9 Å². The van der Waals surface area contributed by atoms with Crippen molar-refractivity contribution in [1.29, 1.82) is 0 Å². The van der Waals surface area contributed by atoms with Crippen molar-refractivity contribution in [3.05, 3.63) is 59.4 Å². The average molecular weight is 433 g/mol. The highest BCUT2D eigenvalue weighted by molar-refractivity contribution is 6.04. The predicted octanol–water partition coefficient (Wildman–Crippen LogP) is 4.78. The molecule has 1 heterocycles. The monoisotopic (exact) mass is 433 g/mol. The molecule has 2 amide bonds. The van der Waals surface area contributed by atoms with E-state index in [0.717, 1.165) is 37.7 Å². The number of anilines is 1. The van der Waals surface area contributed by atoms with Crippen LogP contribution in [0.2, 0.25) is 0 Å². The van der Waals surface area contributed by atoms with Gasteiger partial charge in [-0.3, -0.25) is 19.5 Å². The van der Waals surface area contributed by atoms with E-state index in [4.69, 9.17) is 0 Å². The lowest BCUT2D eigenvalue weighted by Gasteiger charge is -2.34. The zero-order valence-electron chi connectivity index (χ0n) is 17.6. The first-order valence-corrected chi connectivity index (χ1v) is 10.4. The van der Waals surface area contributed by atoms with E-state index >= 15 is 0 Å². The van der Waals surface area contributed by atoms with Crippen LogP contribution in [0.25, 0.3) is 0 Å². The molecule has 1 aliphatic carbocycles. The third kappa shape index (κ3) is 5.24. The SMILES string of the molecule is Cc1cccc(N(C(=O)C(F)(F)F)[C@H](C(=O)NC2CCCCC2)c2ccncc2)c1C. The molecular weight excluding hydrogens is 407 g/mol. The molecule has 1 saturated carbocycles. The smallest absolute Gasteiger partial charge is 0.351 e. The van der Waals surface area contributed by atoms with Gasteiger partial charge in [0.1, 0.15) is 6.04 Å². The lowest BCUT2D eigenvalue weighted by molar-refractivity contribution is -0.171. The van der Waals surface area contributed by atoms with E-state index in [9.17, 15) is 22.8 Å². The quantitative estimate of drug-likeness (QED) is 0.738. The minimum absolute atomic E-state index is 0.0583. The Kier molecular flexibility index (Phi) is 6.97. The summed E-state index contributed by atoms with van der Waals surface area (Å²) < 4.78 is 41.0. The van der Waals surface area contributed by atoms with Gasteiger partial charge in [-0.15, -0.1) is 0 Å². The molecule has 0 radical (unpaired) electrons. The van der Waals surface area contributed by atoms with Gasteiger partial charge < -0.3 is 5.32 Å². The normalized spacial score (nSPS) is 15.9. The Labute approximate surface area is 179 Å². The van der Waals surface area contributed by atoms with Crippen LogP contribution in [0, 0.1) is 13.8 Å². The first-order chi connectivity index (χ1) is 14.7. The van der Waals surface area contributed by atoms with Gasteiger partial charge in [-0.05, 0) is 61.6 Å². The topological polar surface area (TPSA) is 62.3 Å². The molecule has 8 heteroatoms. The van der Waals surface area contributed by atoms with Crippen molar-refractivity contribution in [1.82, 2.24) is 10.3 Å². The molecule has 1 fully saturated rings. The van der Waals surface area contributed by atoms with Gasteiger partial charge in [-0.1, -0.05) is 31.4 Å². The van der Waals surface area contributed by atoms with Crippen LogP contribution in [-0.2, 0) is 9.59 Å². The Morgan fingerprint density at radius 1 is 1.06 bits per heavy atom. The lowest BCUT2D eigenvalue weighted by atomic mass is 9.94. The summed E-state index contributed by atoms with van der Waals surface area (Å²) >= 11 is 0. The number of carbonyl (C=O) groups is 2. The van der Waals surface area contributed by atoms with E-state index < -0.39 is 24.0 Å². The summed E-state index contributed by atoms with van der Waals surface area (Å²) in [4.78, 5) is 30.5. The molecule has 0 unspecified atom stereocenters. The molecular formula is C23H26F3N3O2. The van der Waals surface area contributed by atoms with Gasteiger partial charge in [0.2, 0.25) is 5.91 Å². The lowest BCUT2D eigenvalue weighted by Crippen LogP contribution is -2.51. The Morgan fingerprint density at radius 2 is 1.71 bits per heavy atom. The first kappa shape index (κ1) is 22.8. The molecule has 31 heavy (non-hydrogen) atoms. The van der Waals surface area contributed by atoms with Crippen molar-refractivity contribution in [2.45, 2.75) is 64.2 Å². The minimum Gasteiger partial charge on any atom is -0.351 e. The van der Waals surface area contributed by atoms with Crippen LogP contribution < -0.4 is 10.2 Å². The van der Waals surface area contributed by atoms with Crippen molar-refractivity contribution in [3.8, 4) is 0 Å². The molecule has 0 saturated heterocycles. The number of benzene rings is 1. The number of hydrogen-bond donors (Lipinski definition) is 1. The standard InChI is InChI=1S/C23H26F3N3O2/c1-15-7-6-10-19(16(15)2)29(22(31)23(24,25)26)20(17-11-13-27-14-12-17)21(30)28-18-8-4-3-5-9-18/h6-7,10-14,18,20H,3-5,8-9H2,1-2H3,(H,28,30)/t20-/m0/s1. The molecule has 0 spiro atoms. The van der Waals surface area contributed by atoms with E-state index in [1.807, 2.05) is 0 Å². The van der Waals surface area contributed by atoms with Crippen LogP contribution in [0.15, 0.2) is 42.7 Å². The Morgan fingerprint density at radius 3 is 2.32 bits per heavy atom. The largest absolute Gasteiger partial charge is 0.471 e. The molecule has 1 atom stereocenters. The number of alkyl halides is 3. The Hall–Kier alpha value is -2.90. The highest BCUT2D eigenvalue weighted by Gasteiger charge is 2.48. The maximum atomic E-state index is 13.7. The zero-order chi connectivity index (χ0) is 22.6. The summed E-state index contributed by atoms with van der Waals surface area (Å²) in [6, 6.07) is 6.11. The van der Waals surface area contributed by atoms with E-state index in [-0.39, 0.29) is 17.3 Å². The highest BCUT2D eigenvalue weighted by atomic mass is 19.4. The number of aryl methyl sites for hydroxylation is 1. The predicted molar refractivity (Wildman–Crippen MR) is 111 cm³/mol. The van der Waals surface area contributed by atoms with Crippen LogP contribution in [-0.4, -0.2) is 29.0 Å². The average Bonchev–Trinajstić information content (AvgIpc) is 2.74. The second-order valence-electron chi connectivity index (χ2n) is 7.92. The number of rotatable bonds is 5. The van der Waals surface area contributed by atoms with E-state index in [0.29, 0.717) is 10.5 Å². The summed E-state index contributed by atoms with van der Waals surface area (Å²) in [6.07, 6.45) is 2.16. The molecule has 2 aromatic rings. The third-order valence-electron chi connectivity index (χ3n) is 5.78. The highest BCUT2D eigenvalue weighted by Crippen LogP contribution is 2.35. The van der Waals surface area contributed by atoms with E-state index in [1.54, 1.807) is 26.0 Å². The van der Waals surface area contributed by atoms with Gasteiger partial charge in [0.15, 0.2) is 0 Å². The zero-order valence-corrected chi connectivity index (χ0v) is 17.6. The second-order valence-corrected chi connectivity index (χ2v) is 7.92. The number of aromatic nitrogens is 1. The number of hydrogen-bond acceptors (Lipinski definition) is 3.